The van der Waals surface area contributed by atoms with E-state index in [0.29, 0.717) is 16.2 Å². The van der Waals surface area contributed by atoms with Gasteiger partial charge in [0.2, 0.25) is 0 Å². The summed E-state index contributed by atoms with van der Waals surface area (Å²) in [6.45, 7) is 5.31. The molecule has 0 fully saturated rings. The van der Waals surface area contributed by atoms with Crippen molar-refractivity contribution < 1.29 is 0 Å². The van der Waals surface area contributed by atoms with Gasteiger partial charge in [0.15, 0.2) is 5.16 Å². The summed E-state index contributed by atoms with van der Waals surface area (Å²) in [5.74, 6) is 1.48. The minimum Gasteiger partial charge on any atom is -0.359 e. The maximum atomic E-state index is 5.92. The highest BCUT2D eigenvalue weighted by atomic mass is 35.5. The van der Waals surface area contributed by atoms with Crippen molar-refractivity contribution >= 4 is 29.2 Å². The molecular weight excluding hydrogens is 230 g/mol. The first-order chi connectivity index (χ1) is 7.02. The summed E-state index contributed by atoms with van der Waals surface area (Å²) in [4.78, 5) is 10.6. The summed E-state index contributed by atoms with van der Waals surface area (Å²) in [5.41, 5.74) is 0. The average molecular weight is 246 g/mol. The molecule has 15 heavy (non-hydrogen) atoms. The van der Waals surface area contributed by atoms with Crippen molar-refractivity contribution in [2.24, 2.45) is 5.92 Å². The summed E-state index contributed by atoms with van der Waals surface area (Å²) in [7, 11) is 2.02. The summed E-state index contributed by atoms with van der Waals surface area (Å²) in [6, 6.07) is 1.80. The molecule has 0 aromatic carbocycles. The molecule has 0 saturated carbocycles. The van der Waals surface area contributed by atoms with Crippen molar-refractivity contribution in [3.05, 3.63) is 11.2 Å². The van der Waals surface area contributed by atoms with Crippen LogP contribution >= 0.6 is 23.4 Å². The Kier molecular flexibility index (Phi) is 4.67. The molecule has 0 saturated heterocycles. The highest BCUT2D eigenvalue weighted by Gasteiger charge is 2.08. The molecule has 0 aliphatic carbocycles. The zero-order valence-electron chi connectivity index (χ0n) is 9.49. The first-order valence-electron chi connectivity index (χ1n) is 4.82. The summed E-state index contributed by atoms with van der Waals surface area (Å²) in [6.07, 6.45) is 1.94. The number of hydrogen-bond donors (Lipinski definition) is 0. The average Bonchev–Trinajstić information content (AvgIpc) is 2.15. The van der Waals surface area contributed by atoms with E-state index in [-0.39, 0.29) is 0 Å². The third-order valence-corrected chi connectivity index (χ3v) is 2.61. The third-order valence-electron chi connectivity index (χ3n) is 1.87. The maximum absolute atomic E-state index is 5.92. The molecule has 0 spiro atoms. The van der Waals surface area contributed by atoms with Crippen LogP contribution in [0.1, 0.15) is 13.8 Å². The van der Waals surface area contributed by atoms with Crippen molar-refractivity contribution in [2.45, 2.75) is 19.0 Å². The van der Waals surface area contributed by atoms with Gasteiger partial charge in [0, 0.05) is 19.7 Å². The molecule has 0 bridgehead atoms. The van der Waals surface area contributed by atoms with E-state index in [4.69, 9.17) is 11.6 Å². The van der Waals surface area contributed by atoms with Crippen LogP contribution < -0.4 is 4.90 Å². The predicted molar refractivity (Wildman–Crippen MR) is 66.9 cm³/mol. The fourth-order valence-corrected chi connectivity index (χ4v) is 1.92. The van der Waals surface area contributed by atoms with Crippen LogP contribution in [-0.2, 0) is 0 Å². The highest BCUT2D eigenvalue weighted by Crippen LogP contribution is 2.19. The van der Waals surface area contributed by atoms with Crippen LogP contribution in [0, 0.1) is 5.92 Å². The van der Waals surface area contributed by atoms with Gasteiger partial charge < -0.3 is 4.90 Å². The molecule has 84 valence electrons. The molecule has 0 radical (unpaired) electrons. The minimum absolute atomic E-state index is 0.500. The monoisotopic (exact) mass is 245 g/mol. The predicted octanol–water partition coefficient (Wildman–Crippen LogP) is 2.94. The number of thioether (sulfide) groups is 1. The third kappa shape index (κ3) is 3.87. The zero-order chi connectivity index (χ0) is 11.4. The van der Waals surface area contributed by atoms with E-state index >= 15 is 0 Å². The van der Waals surface area contributed by atoms with E-state index in [1.807, 2.05) is 13.3 Å². The minimum atomic E-state index is 0.500. The molecule has 0 N–H and O–H groups in total. The lowest BCUT2D eigenvalue weighted by Crippen LogP contribution is -2.23. The second kappa shape index (κ2) is 5.56. The molecule has 3 nitrogen and oxygen atoms in total. The van der Waals surface area contributed by atoms with E-state index in [0.717, 1.165) is 12.4 Å². The van der Waals surface area contributed by atoms with Crippen molar-refractivity contribution in [3.8, 4) is 0 Å². The molecule has 1 heterocycles. The van der Waals surface area contributed by atoms with Gasteiger partial charge in [-0.1, -0.05) is 37.2 Å². The van der Waals surface area contributed by atoms with Crippen LogP contribution in [0.3, 0.4) is 0 Å². The van der Waals surface area contributed by atoms with Crippen molar-refractivity contribution in [1.29, 1.82) is 0 Å². The molecule has 0 unspecified atom stereocenters. The lowest BCUT2D eigenvalue weighted by atomic mass is 10.2. The van der Waals surface area contributed by atoms with Gasteiger partial charge in [0.1, 0.15) is 11.0 Å². The highest BCUT2D eigenvalue weighted by molar-refractivity contribution is 7.98. The van der Waals surface area contributed by atoms with Crippen LogP contribution in [0.25, 0.3) is 0 Å². The van der Waals surface area contributed by atoms with Crippen molar-refractivity contribution in [1.82, 2.24) is 9.97 Å². The maximum Gasteiger partial charge on any atom is 0.190 e. The quantitative estimate of drug-likeness (QED) is 0.463. The molecule has 1 rings (SSSR count). The standard InChI is InChI=1S/C10H16ClN3S/c1-7(2)6-14(3)9-5-8(11)12-10(13-9)15-4/h5,7H,6H2,1-4H3. The summed E-state index contributed by atoms with van der Waals surface area (Å²) in [5, 5.41) is 1.22. The van der Waals surface area contributed by atoms with Gasteiger partial charge in [-0.25, -0.2) is 9.97 Å². The number of hydrogen-bond acceptors (Lipinski definition) is 4. The number of rotatable bonds is 4. The van der Waals surface area contributed by atoms with Gasteiger partial charge in [-0.05, 0) is 12.2 Å². The van der Waals surface area contributed by atoms with Gasteiger partial charge in [-0.3, -0.25) is 0 Å². The second-order valence-corrected chi connectivity index (χ2v) is 4.97. The Balaban J connectivity index is 2.88. The largest absolute Gasteiger partial charge is 0.359 e. The van der Waals surface area contributed by atoms with Crippen LogP contribution in [-0.4, -0.2) is 29.8 Å². The van der Waals surface area contributed by atoms with E-state index in [1.165, 1.54) is 11.8 Å². The molecule has 5 heteroatoms. The van der Waals surface area contributed by atoms with E-state index in [9.17, 15) is 0 Å². The van der Waals surface area contributed by atoms with Crippen LogP contribution in [0.5, 0.6) is 0 Å². The van der Waals surface area contributed by atoms with E-state index < -0.39 is 0 Å². The Hall–Kier alpha value is -0.480. The Labute approximate surface area is 100 Å². The van der Waals surface area contributed by atoms with Gasteiger partial charge in [-0.2, -0.15) is 0 Å². The van der Waals surface area contributed by atoms with Gasteiger partial charge >= 0.3 is 0 Å². The zero-order valence-corrected chi connectivity index (χ0v) is 11.1. The lowest BCUT2D eigenvalue weighted by molar-refractivity contribution is 0.632. The Morgan fingerprint density at radius 1 is 1.47 bits per heavy atom. The van der Waals surface area contributed by atoms with Crippen molar-refractivity contribution in [3.63, 3.8) is 0 Å². The smallest absolute Gasteiger partial charge is 0.190 e. The van der Waals surface area contributed by atoms with Crippen LogP contribution in [0.15, 0.2) is 11.2 Å². The Bertz CT molecular complexity index is 330. The van der Waals surface area contributed by atoms with Crippen LogP contribution in [0.4, 0.5) is 5.82 Å². The van der Waals surface area contributed by atoms with Gasteiger partial charge in [-0.15, -0.1) is 0 Å². The molecule has 1 aromatic rings. The van der Waals surface area contributed by atoms with Gasteiger partial charge in [0.05, 0.1) is 0 Å². The number of halogens is 1. The molecule has 0 atom stereocenters. The fraction of sp³-hybridized carbons (Fsp3) is 0.600. The van der Waals surface area contributed by atoms with E-state index in [1.54, 1.807) is 6.07 Å². The Morgan fingerprint density at radius 2 is 2.13 bits per heavy atom. The fourth-order valence-electron chi connectivity index (χ4n) is 1.31. The molecular formula is C10H16ClN3S. The topological polar surface area (TPSA) is 29.0 Å². The van der Waals surface area contributed by atoms with Crippen molar-refractivity contribution in [2.75, 3.05) is 24.7 Å². The summed E-state index contributed by atoms with van der Waals surface area (Å²) >= 11 is 7.42. The first-order valence-corrected chi connectivity index (χ1v) is 6.43. The molecule has 0 amide bonds. The normalized spacial score (nSPS) is 10.8. The number of aromatic nitrogens is 2. The number of anilines is 1. The molecule has 0 aliphatic heterocycles. The van der Waals surface area contributed by atoms with Crippen LogP contribution in [0.2, 0.25) is 5.15 Å². The first kappa shape index (κ1) is 12.6. The summed E-state index contributed by atoms with van der Waals surface area (Å²) < 4.78 is 0. The SMILES string of the molecule is CSc1nc(Cl)cc(N(C)CC(C)C)n1. The van der Waals surface area contributed by atoms with E-state index in [2.05, 4.69) is 28.7 Å². The molecule has 1 aromatic heterocycles. The van der Waals surface area contributed by atoms with Gasteiger partial charge in [0.25, 0.3) is 0 Å². The Morgan fingerprint density at radius 3 is 2.67 bits per heavy atom. The molecule has 0 aliphatic rings. The lowest BCUT2D eigenvalue weighted by Gasteiger charge is -2.20. The number of nitrogens with zero attached hydrogens (tertiary/aromatic N) is 3. The second-order valence-electron chi connectivity index (χ2n) is 3.81.